The molecule has 9 heteroatoms. The lowest BCUT2D eigenvalue weighted by Crippen LogP contribution is -2.38. The van der Waals surface area contributed by atoms with Gasteiger partial charge in [-0.1, -0.05) is 12.1 Å². The van der Waals surface area contributed by atoms with E-state index >= 15 is 0 Å². The third kappa shape index (κ3) is 6.80. The van der Waals surface area contributed by atoms with Crippen LogP contribution in [-0.4, -0.2) is 59.0 Å². The number of rotatable bonds is 10. The van der Waals surface area contributed by atoms with Gasteiger partial charge >= 0.3 is 0 Å². The number of carbonyl (C=O) groups excluding carboxylic acids is 2. The van der Waals surface area contributed by atoms with Crippen LogP contribution >= 0.6 is 0 Å². The molecule has 0 aliphatic rings. The van der Waals surface area contributed by atoms with Gasteiger partial charge in [-0.3, -0.25) is 14.3 Å². The summed E-state index contributed by atoms with van der Waals surface area (Å²) in [6.45, 7) is 4.67. The van der Waals surface area contributed by atoms with Gasteiger partial charge in [0.25, 0.3) is 15.9 Å². The maximum atomic E-state index is 12.7. The number of hydrogen-bond acceptors (Lipinski definition) is 5. The Hall–Kier alpha value is -2.91. The molecule has 0 aliphatic heterocycles. The number of anilines is 1. The van der Waals surface area contributed by atoms with Gasteiger partial charge in [-0.05, 0) is 61.7 Å². The molecule has 8 nitrogen and oxygen atoms in total. The maximum Gasteiger partial charge on any atom is 0.261 e. The predicted molar refractivity (Wildman–Crippen MR) is 120 cm³/mol. The van der Waals surface area contributed by atoms with E-state index in [9.17, 15) is 18.0 Å². The highest BCUT2D eigenvalue weighted by Crippen LogP contribution is 2.22. The van der Waals surface area contributed by atoms with E-state index in [4.69, 9.17) is 4.74 Å². The zero-order valence-electron chi connectivity index (χ0n) is 18.3. The number of ether oxygens (including phenoxy) is 1. The molecule has 0 atom stereocenters. The Morgan fingerprint density at radius 1 is 1.06 bits per heavy atom. The Bertz CT molecular complexity index is 1020. The molecule has 0 aliphatic carbocycles. The summed E-state index contributed by atoms with van der Waals surface area (Å²) in [6.07, 6.45) is 0.686. The summed E-state index contributed by atoms with van der Waals surface area (Å²) >= 11 is 0. The van der Waals surface area contributed by atoms with Crippen LogP contribution in [0.1, 0.15) is 27.9 Å². The molecule has 0 heterocycles. The number of sulfonamides is 1. The number of hydrogen-bond donors (Lipinski definition) is 2. The van der Waals surface area contributed by atoms with Gasteiger partial charge in [0, 0.05) is 32.9 Å². The second kappa shape index (κ2) is 10.9. The molecule has 0 spiro atoms. The van der Waals surface area contributed by atoms with E-state index in [2.05, 4.69) is 10.0 Å². The predicted octanol–water partition coefficient (Wildman–Crippen LogP) is 2.33. The lowest BCUT2D eigenvalue weighted by atomic mass is 10.1. The van der Waals surface area contributed by atoms with Crippen molar-refractivity contribution >= 4 is 27.5 Å². The first-order valence-corrected chi connectivity index (χ1v) is 11.3. The monoisotopic (exact) mass is 447 g/mol. The van der Waals surface area contributed by atoms with Gasteiger partial charge in [0.05, 0.1) is 17.1 Å². The molecule has 168 valence electrons. The number of nitrogens with zero attached hydrogens (tertiary/aromatic N) is 1. The Morgan fingerprint density at radius 2 is 1.74 bits per heavy atom. The number of benzene rings is 2. The highest BCUT2D eigenvalue weighted by Gasteiger charge is 2.19. The van der Waals surface area contributed by atoms with Crippen LogP contribution in [0.15, 0.2) is 47.4 Å². The summed E-state index contributed by atoms with van der Waals surface area (Å²) in [4.78, 5) is 25.8. The van der Waals surface area contributed by atoms with E-state index in [1.54, 1.807) is 19.2 Å². The van der Waals surface area contributed by atoms with Gasteiger partial charge < -0.3 is 15.0 Å². The van der Waals surface area contributed by atoms with Crippen LogP contribution in [0.4, 0.5) is 5.69 Å². The van der Waals surface area contributed by atoms with Crippen molar-refractivity contribution in [3.05, 3.63) is 59.2 Å². The topological polar surface area (TPSA) is 105 Å². The highest BCUT2D eigenvalue weighted by atomic mass is 32.2. The van der Waals surface area contributed by atoms with E-state index < -0.39 is 10.0 Å². The maximum absolute atomic E-state index is 12.7. The van der Waals surface area contributed by atoms with Crippen molar-refractivity contribution in [2.45, 2.75) is 25.2 Å². The van der Waals surface area contributed by atoms with Gasteiger partial charge in [-0.25, -0.2) is 8.42 Å². The number of carbonyl (C=O) groups is 2. The van der Waals surface area contributed by atoms with Crippen LogP contribution in [0.2, 0.25) is 0 Å². The number of amides is 2. The van der Waals surface area contributed by atoms with Crippen LogP contribution in [-0.2, 0) is 19.6 Å². The first kappa shape index (κ1) is 24.4. The van der Waals surface area contributed by atoms with Crippen molar-refractivity contribution in [2.75, 3.05) is 38.6 Å². The molecule has 0 unspecified atom stereocenters. The second-order valence-electron chi connectivity index (χ2n) is 7.23. The van der Waals surface area contributed by atoms with E-state index in [0.717, 1.165) is 11.1 Å². The Labute approximate surface area is 183 Å². The van der Waals surface area contributed by atoms with Gasteiger partial charge in [0.1, 0.15) is 0 Å². The highest BCUT2D eigenvalue weighted by molar-refractivity contribution is 7.92. The third-order valence-electron chi connectivity index (χ3n) is 4.84. The molecular formula is C22H29N3O5S. The average molecular weight is 448 g/mol. The smallest absolute Gasteiger partial charge is 0.261 e. The van der Waals surface area contributed by atoms with Gasteiger partial charge in [0.15, 0.2) is 0 Å². The summed E-state index contributed by atoms with van der Waals surface area (Å²) in [5, 5.41) is 2.71. The fourth-order valence-corrected chi connectivity index (χ4v) is 3.97. The summed E-state index contributed by atoms with van der Waals surface area (Å²) < 4.78 is 32.9. The molecule has 2 aromatic rings. The number of nitrogens with one attached hydrogen (secondary N) is 2. The number of aryl methyl sites for hydroxylation is 1. The molecule has 0 radical (unpaired) electrons. The van der Waals surface area contributed by atoms with Crippen LogP contribution < -0.4 is 10.0 Å². The zero-order valence-corrected chi connectivity index (χ0v) is 19.1. The van der Waals surface area contributed by atoms with Gasteiger partial charge in [-0.2, -0.15) is 0 Å². The second-order valence-corrected chi connectivity index (χ2v) is 8.92. The number of likely N-dealkylation sites (N-methyl/N-ethyl adjacent to an activating group) is 1. The molecule has 0 aromatic heterocycles. The molecular weight excluding hydrogens is 418 g/mol. The lowest BCUT2D eigenvalue weighted by Gasteiger charge is -2.17. The minimum atomic E-state index is -3.80. The molecule has 0 bridgehead atoms. The molecule has 31 heavy (non-hydrogen) atoms. The summed E-state index contributed by atoms with van der Waals surface area (Å²) in [5.41, 5.74) is 2.63. The van der Waals surface area contributed by atoms with E-state index in [0.29, 0.717) is 30.8 Å². The fraction of sp³-hybridized carbons (Fsp3) is 0.364. The summed E-state index contributed by atoms with van der Waals surface area (Å²) in [5.74, 6) is -0.651. The normalized spacial score (nSPS) is 11.1. The summed E-state index contributed by atoms with van der Waals surface area (Å²) in [6, 6.07) is 11.0. The third-order valence-corrected chi connectivity index (χ3v) is 6.22. The molecule has 2 aromatic carbocycles. The Kier molecular flexibility index (Phi) is 8.58. The van der Waals surface area contributed by atoms with Crippen molar-refractivity contribution in [1.29, 1.82) is 0 Å². The zero-order chi connectivity index (χ0) is 23.0. The Morgan fingerprint density at radius 3 is 2.39 bits per heavy atom. The van der Waals surface area contributed by atoms with Crippen LogP contribution in [0.25, 0.3) is 0 Å². The van der Waals surface area contributed by atoms with E-state index in [1.165, 1.54) is 36.2 Å². The first-order valence-electron chi connectivity index (χ1n) is 9.86. The fourth-order valence-electron chi connectivity index (χ4n) is 2.85. The standard InChI is InChI=1S/C22H29N3O5S/c1-16-7-5-8-20(17(16)2)24-31(28,29)19-11-9-18(10-12-19)22(27)25(3)15-21(26)23-13-6-14-30-4/h5,7-12,24H,6,13-15H2,1-4H3,(H,23,26). The molecule has 2 rings (SSSR count). The molecule has 2 amide bonds. The molecule has 2 N–H and O–H groups in total. The molecule has 0 saturated heterocycles. The van der Waals surface area contributed by atoms with E-state index in [-0.39, 0.29) is 23.3 Å². The van der Waals surface area contributed by atoms with Crippen molar-refractivity contribution in [2.24, 2.45) is 0 Å². The van der Waals surface area contributed by atoms with Crippen molar-refractivity contribution in [3.63, 3.8) is 0 Å². The van der Waals surface area contributed by atoms with Gasteiger partial charge in [0.2, 0.25) is 5.91 Å². The van der Waals surface area contributed by atoms with Crippen molar-refractivity contribution in [3.8, 4) is 0 Å². The minimum absolute atomic E-state index is 0.0449. The van der Waals surface area contributed by atoms with Gasteiger partial charge in [-0.15, -0.1) is 0 Å². The van der Waals surface area contributed by atoms with E-state index in [1.807, 2.05) is 19.9 Å². The largest absolute Gasteiger partial charge is 0.385 e. The number of methoxy groups -OCH3 is 1. The summed E-state index contributed by atoms with van der Waals surface area (Å²) in [7, 11) is -0.693. The molecule has 0 fully saturated rings. The SMILES string of the molecule is COCCCNC(=O)CN(C)C(=O)c1ccc(S(=O)(=O)Nc2cccc(C)c2C)cc1. The van der Waals surface area contributed by atoms with Crippen LogP contribution in [0.3, 0.4) is 0 Å². The van der Waals surface area contributed by atoms with Crippen LogP contribution in [0.5, 0.6) is 0 Å². The van der Waals surface area contributed by atoms with Crippen LogP contribution in [0, 0.1) is 13.8 Å². The average Bonchev–Trinajstić information content (AvgIpc) is 2.74. The van der Waals surface area contributed by atoms with Crippen molar-refractivity contribution < 1.29 is 22.7 Å². The quantitative estimate of drug-likeness (QED) is 0.544. The first-order chi connectivity index (χ1) is 14.7. The Balaban J connectivity index is 2.02. The lowest BCUT2D eigenvalue weighted by molar-refractivity contribution is -0.121. The van der Waals surface area contributed by atoms with Crippen molar-refractivity contribution in [1.82, 2.24) is 10.2 Å². The molecule has 0 saturated carbocycles. The minimum Gasteiger partial charge on any atom is -0.385 e.